The van der Waals surface area contributed by atoms with Crippen LogP contribution >= 0.6 is 23.1 Å². The summed E-state index contributed by atoms with van der Waals surface area (Å²) in [6.45, 7) is 5.68. The molecule has 5 rings (SSSR count). The zero-order valence-electron chi connectivity index (χ0n) is 20.0. The summed E-state index contributed by atoms with van der Waals surface area (Å²) in [6, 6.07) is 13.7. The van der Waals surface area contributed by atoms with Crippen molar-refractivity contribution in [3.05, 3.63) is 64.3 Å². The Hall–Kier alpha value is -3.04. The number of hydrogen-bond acceptors (Lipinski definition) is 7. The Morgan fingerprint density at radius 1 is 1.20 bits per heavy atom. The molecule has 7 nitrogen and oxygen atoms in total. The van der Waals surface area contributed by atoms with Crippen LogP contribution in [0.25, 0.3) is 10.4 Å². The molecule has 0 radical (unpaired) electrons. The Bertz CT molecular complexity index is 1280. The molecule has 3 heterocycles. The first-order valence-electron chi connectivity index (χ1n) is 11.6. The Kier molecular flexibility index (Phi) is 6.71. The van der Waals surface area contributed by atoms with Crippen molar-refractivity contribution in [1.82, 2.24) is 15.2 Å². The molecule has 1 N–H and O–H groups in total. The number of thiazole rings is 1. The molecule has 0 unspecified atom stereocenters. The average Bonchev–Trinajstić information content (AvgIpc) is 3.48. The minimum Gasteiger partial charge on any atom is -0.489 e. The number of carbonyl (C=O) groups is 2. The van der Waals surface area contributed by atoms with Gasteiger partial charge in [0.1, 0.15) is 12.3 Å². The predicted molar refractivity (Wildman–Crippen MR) is 142 cm³/mol. The zero-order chi connectivity index (χ0) is 24.5. The van der Waals surface area contributed by atoms with E-state index in [0.29, 0.717) is 36.0 Å². The second-order valence-electron chi connectivity index (χ2n) is 8.84. The van der Waals surface area contributed by atoms with Gasteiger partial charge < -0.3 is 19.9 Å². The summed E-state index contributed by atoms with van der Waals surface area (Å²) >= 11 is 3.23. The predicted octanol–water partition coefficient (Wildman–Crippen LogP) is 4.20. The molecule has 1 saturated heterocycles. The second kappa shape index (κ2) is 9.91. The van der Waals surface area contributed by atoms with Gasteiger partial charge in [0.25, 0.3) is 11.8 Å². The van der Waals surface area contributed by atoms with Gasteiger partial charge in [0.05, 0.1) is 39.6 Å². The number of anilines is 1. The number of hydrogen-bond donors (Lipinski definition) is 1. The third-order valence-corrected chi connectivity index (χ3v) is 8.38. The molecule has 1 fully saturated rings. The number of fused-ring (bicyclic) bond motifs is 1. The van der Waals surface area contributed by atoms with Gasteiger partial charge in [-0.3, -0.25) is 9.59 Å². The summed E-state index contributed by atoms with van der Waals surface area (Å²) in [5.41, 5.74) is 4.08. The normalized spacial score (nSPS) is 17.2. The largest absolute Gasteiger partial charge is 0.489 e. The first-order valence-corrected chi connectivity index (χ1v) is 13.6. The van der Waals surface area contributed by atoms with Crippen LogP contribution in [0.2, 0.25) is 0 Å². The van der Waals surface area contributed by atoms with Crippen LogP contribution in [0.4, 0.5) is 5.69 Å². The fourth-order valence-corrected chi connectivity index (χ4v) is 6.54. The summed E-state index contributed by atoms with van der Waals surface area (Å²) in [6.07, 6.45) is 0. The highest BCUT2D eigenvalue weighted by atomic mass is 32.2. The number of nitrogens with one attached hydrogen (secondary N) is 1. The molecule has 0 bridgehead atoms. The van der Waals surface area contributed by atoms with Crippen molar-refractivity contribution in [3.8, 4) is 16.2 Å². The van der Waals surface area contributed by atoms with Gasteiger partial charge in [0.2, 0.25) is 0 Å². The molecule has 2 amide bonds. The fourth-order valence-electron chi connectivity index (χ4n) is 4.43. The van der Waals surface area contributed by atoms with Crippen LogP contribution in [0.5, 0.6) is 5.75 Å². The monoisotopic (exact) mass is 508 g/mol. The van der Waals surface area contributed by atoms with E-state index in [4.69, 9.17) is 4.74 Å². The molecular formula is C26H28N4O3S2. The van der Waals surface area contributed by atoms with E-state index in [9.17, 15) is 9.59 Å². The van der Waals surface area contributed by atoms with Crippen molar-refractivity contribution in [1.29, 1.82) is 0 Å². The van der Waals surface area contributed by atoms with Crippen LogP contribution < -0.4 is 15.0 Å². The molecule has 0 aliphatic carbocycles. The Labute approximate surface area is 213 Å². The Balaban J connectivity index is 1.32. The molecule has 182 valence electrons. The van der Waals surface area contributed by atoms with Gasteiger partial charge in [-0.15, -0.1) is 23.1 Å². The number of aryl methyl sites for hydroxylation is 2. The molecule has 0 saturated carbocycles. The van der Waals surface area contributed by atoms with E-state index in [1.807, 2.05) is 56.1 Å². The molecule has 1 aromatic heterocycles. The number of nitrogens with zero attached hydrogens (tertiary/aromatic N) is 3. The number of rotatable bonds is 5. The maximum absolute atomic E-state index is 13.6. The van der Waals surface area contributed by atoms with E-state index in [-0.39, 0.29) is 17.9 Å². The summed E-state index contributed by atoms with van der Waals surface area (Å²) < 4.78 is 5.82. The molecule has 2 aliphatic heterocycles. The van der Waals surface area contributed by atoms with Gasteiger partial charge in [-0.1, -0.05) is 35.9 Å². The number of ether oxygens (including phenoxy) is 1. The van der Waals surface area contributed by atoms with Crippen LogP contribution in [0.15, 0.2) is 42.5 Å². The highest BCUT2D eigenvalue weighted by molar-refractivity contribution is 7.99. The van der Waals surface area contributed by atoms with Crippen molar-refractivity contribution in [3.63, 3.8) is 0 Å². The van der Waals surface area contributed by atoms with Gasteiger partial charge in [-0.25, -0.2) is 4.98 Å². The molecule has 35 heavy (non-hydrogen) atoms. The summed E-state index contributed by atoms with van der Waals surface area (Å²) in [7, 11) is 1.99. The van der Waals surface area contributed by atoms with E-state index in [1.165, 1.54) is 0 Å². The van der Waals surface area contributed by atoms with Crippen molar-refractivity contribution >= 4 is 40.6 Å². The number of likely N-dealkylation sites (N-methyl/N-ethyl adjacent to an activating group) is 1. The number of amides is 2. The smallest absolute Gasteiger partial charge is 0.275 e. The van der Waals surface area contributed by atoms with E-state index < -0.39 is 0 Å². The molecule has 2 aromatic carbocycles. The highest BCUT2D eigenvalue weighted by Gasteiger charge is 2.33. The van der Waals surface area contributed by atoms with E-state index in [1.54, 1.807) is 29.2 Å². The summed E-state index contributed by atoms with van der Waals surface area (Å²) in [4.78, 5) is 36.1. The van der Waals surface area contributed by atoms with Crippen LogP contribution in [0.1, 0.15) is 31.4 Å². The van der Waals surface area contributed by atoms with Crippen molar-refractivity contribution in [2.45, 2.75) is 19.9 Å². The van der Waals surface area contributed by atoms with Gasteiger partial charge in [-0.2, -0.15) is 0 Å². The minimum atomic E-state index is -0.189. The van der Waals surface area contributed by atoms with Gasteiger partial charge in [-0.05, 0) is 31.5 Å². The SMILES string of the molecule is Cc1cccc(-c2sc(C)nc2C(=O)N2CSC[C@H]2CNC(=O)c2cccc3c2OCCN3C)c1. The molecule has 9 heteroatoms. The lowest BCUT2D eigenvalue weighted by atomic mass is 10.1. The van der Waals surface area contributed by atoms with Gasteiger partial charge in [0.15, 0.2) is 5.75 Å². The Morgan fingerprint density at radius 2 is 2.03 bits per heavy atom. The van der Waals surface area contributed by atoms with Crippen molar-refractivity contribution in [2.75, 3.05) is 43.3 Å². The lowest BCUT2D eigenvalue weighted by Crippen LogP contribution is -2.44. The number of thioether (sulfide) groups is 1. The summed E-state index contributed by atoms with van der Waals surface area (Å²) in [5.74, 6) is 1.69. The van der Waals surface area contributed by atoms with Crippen molar-refractivity contribution < 1.29 is 14.3 Å². The molecule has 0 spiro atoms. The fraction of sp³-hybridized carbons (Fsp3) is 0.346. The second-order valence-corrected chi connectivity index (χ2v) is 11.0. The topological polar surface area (TPSA) is 74.8 Å². The van der Waals surface area contributed by atoms with E-state index in [0.717, 1.165) is 39.0 Å². The van der Waals surface area contributed by atoms with E-state index >= 15 is 0 Å². The van der Waals surface area contributed by atoms with Crippen molar-refractivity contribution in [2.24, 2.45) is 0 Å². The van der Waals surface area contributed by atoms with Crippen LogP contribution in [-0.2, 0) is 0 Å². The van der Waals surface area contributed by atoms with E-state index in [2.05, 4.69) is 21.3 Å². The third-order valence-electron chi connectivity index (χ3n) is 6.28. The molecule has 1 atom stereocenters. The molecular weight excluding hydrogens is 480 g/mol. The first kappa shape index (κ1) is 23.7. The number of para-hydroxylation sites is 1. The van der Waals surface area contributed by atoms with Crippen LogP contribution in [0.3, 0.4) is 0 Å². The third kappa shape index (κ3) is 4.75. The quantitative estimate of drug-likeness (QED) is 0.557. The number of carbonyl (C=O) groups excluding carboxylic acids is 2. The minimum absolute atomic E-state index is 0.0860. The van der Waals surface area contributed by atoms with Gasteiger partial charge in [0, 0.05) is 19.3 Å². The standard InChI is InChI=1S/C26H28N4O3S2/c1-16-6-4-7-18(12-16)24-22(28-17(2)35-24)26(32)30-15-34-14-19(30)13-27-25(31)20-8-5-9-21-23(20)33-11-10-29(21)3/h4-9,12,19H,10-11,13-15H2,1-3H3,(H,27,31)/t19-/m1/s1. The maximum atomic E-state index is 13.6. The first-order chi connectivity index (χ1) is 16.9. The van der Waals surface area contributed by atoms with Gasteiger partial charge >= 0.3 is 0 Å². The number of benzene rings is 2. The maximum Gasteiger partial charge on any atom is 0.275 e. The van der Waals surface area contributed by atoms with Crippen LogP contribution in [-0.4, -0.2) is 66.1 Å². The Morgan fingerprint density at radius 3 is 2.86 bits per heavy atom. The molecule has 2 aliphatic rings. The highest BCUT2D eigenvalue weighted by Crippen LogP contribution is 2.35. The average molecular weight is 509 g/mol. The van der Waals surface area contributed by atoms with Crippen LogP contribution in [0, 0.1) is 13.8 Å². The lowest BCUT2D eigenvalue weighted by Gasteiger charge is -2.29. The zero-order valence-corrected chi connectivity index (χ0v) is 21.7. The molecule has 3 aromatic rings. The summed E-state index contributed by atoms with van der Waals surface area (Å²) in [5, 5.41) is 3.90. The number of aromatic nitrogens is 1. The lowest BCUT2D eigenvalue weighted by molar-refractivity contribution is 0.0731.